The number of benzene rings is 1. The van der Waals surface area contributed by atoms with Gasteiger partial charge in [-0.05, 0) is 47.7 Å². The third kappa shape index (κ3) is 2.40. The Hall–Kier alpha value is -2.30. The summed E-state index contributed by atoms with van der Waals surface area (Å²) in [6.45, 7) is 0. The quantitative estimate of drug-likeness (QED) is 0.755. The van der Waals surface area contributed by atoms with Crippen molar-refractivity contribution in [2.24, 2.45) is 5.92 Å². The standard InChI is InChI=1S/C18H15F3N2/c19-18(20,21)12-6-7-16-15(9-12)13-4-1-5-14(13)17(23-16)11-3-2-8-22-10-11/h1-4,6-10,13-14,17,23H,5H2/t13-,14+,17-/m1/s1. The van der Waals surface area contributed by atoms with E-state index in [4.69, 9.17) is 0 Å². The summed E-state index contributed by atoms with van der Waals surface area (Å²) in [5.74, 6) is 0.230. The maximum Gasteiger partial charge on any atom is 0.416 e. The molecule has 0 saturated heterocycles. The van der Waals surface area contributed by atoms with Crippen molar-refractivity contribution in [3.63, 3.8) is 0 Å². The number of hydrogen-bond donors (Lipinski definition) is 1. The van der Waals surface area contributed by atoms with Crippen molar-refractivity contribution in [2.45, 2.75) is 24.6 Å². The molecule has 1 aromatic carbocycles. The predicted octanol–water partition coefficient (Wildman–Crippen LogP) is 4.93. The summed E-state index contributed by atoms with van der Waals surface area (Å²) in [5.41, 5.74) is 1.99. The second-order valence-electron chi connectivity index (χ2n) is 6.06. The van der Waals surface area contributed by atoms with Gasteiger partial charge < -0.3 is 5.32 Å². The van der Waals surface area contributed by atoms with Crippen LogP contribution in [0, 0.1) is 5.92 Å². The molecule has 2 aromatic rings. The smallest absolute Gasteiger partial charge is 0.378 e. The van der Waals surface area contributed by atoms with Crippen molar-refractivity contribution in [1.29, 1.82) is 0 Å². The summed E-state index contributed by atoms with van der Waals surface area (Å²) in [6, 6.07) is 7.93. The molecule has 3 atom stereocenters. The van der Waals surface area contributed by atoms with Gasteiger partial charge in [-0.2, -0.15) is 13.2 Å². The Morgan fingerprint density at radius 1 is 1.17 bits per heavy atom. The Morgan fingerprint density at radius 3 is 2.78 bits per heavy atom. The van der Waals surface area contributed by atoms with Crippen LogP contribution in [0.15, 0.2) is 54.9 Å². The summed E-state index contributed by atoms with van der Waals surface area (Å²) in [7, 11) is 0. The molecule has 0 bridgehead atoms. The van der Waals surface area contributed by atoms with Crippen LogP contribution in [0.25, 0.3) is 0 Å². The number of pyridine rings is 1. The molecule has 2 heterocycles. The first kappa shape index (κ1) is 14.3. The Morgan fingerprint density at radius 2 is 2.04 bits per heavy atom. The zero-order chi connectivity index (χ0) is 16.0. The number of fused-ring (bicyclic) bond motifs is 3. The van der Waals surface area contributed by atoms with Crippen molar-refractivity contribution in [3.8, 4) is 0 Å². The van der Waals surface area contributed by atoms with Crippen LogP contribution in [0.3, 0.4) is 0 Å². The summed E-state index contributed by atoms with van der Waals surface area (Å²) in [5, 5.41) is 3.42. The van der Waals surface area contributed by atoms with E-state index in [1.165, 1.54) is 6.07 Å². The summed E-state index contributed by atoms with van der Waals surface area (Å²) in [4.78, 5) is 4.17. The number of allylic oxidation sites excluding steroid dienone is 2. The minimum atomic E-state index is -4.31. The summed E-state index contributed by atoms with van der Waals surface area (Å²) in [6.07, 6.45) is 4.19. The number of rotatable bonds is 1. The number of alkyl halides is 3. The first-order valence-corrected chi connectivity index (χ1v) is 7.58. The van der Waals surface area contributed by atoms with Crippen LogP contribution in [0.2, 0.25) is 0 Å². The largest absolute Gasteiger partial charge is 0.416 e. The lowest BCUT2D eigenvalue weighted by Crippen LogP contribution is -2.29. The highest BCUT2D eigenvalue weighted by Crippen LogP contribution is 2.50. The highest BCUT2D eigenvalue weighted by molar-refractivity contribution is 5.60. The Labute approximate surface area is 132 Å². The number of nitrogens with one attached hydrogen (secondary N) is 1. The average molecular weight is 316 g/mol. The molecular weight excluding hydrogens is 301 g/mol. The average Bonchev–Trinajstić information content (AvgIpc) is 3.03. The molecule has 2 nitrogen and oxygen atoms in total. The molecule has 1 N–H and O–H groups in total. The van der Waals surface area contributed by atoms with Crippen molar-refractivity contribution in [3.05, 3.63) is 71.6 Å². The van der Waals surface area contributed by atoms with Gasteiger partial charge in [0.2, 0.25) is 0 Å². The molecule has 1 aliphatic heterocycles. The van der Waals surface area contributed by atoms with E-state index < -0.39 is 11.7 Å². The van der Waals surface area contributed by atoms with E-state index in [9.17, 15) is 13.2 Å². The fourth-order valence-corrected chi connectivity index (χ4v) is 3.66. The van der Waals surface area contributed by atoms with Gasteiger partial charge in [-0.25, -0.2) is 0 Å². The number of anilines is 1. The van der Waals surface area contributed by atoms with E-state index in [1.54, 1.807) is 12.3 Å². The molecule has 0 amide bonds. The Balaban J connectivity index is 1.78. The fraction of sp³-hybridized carbons (Fsp3) is 0.278. The molecule has 118 valence electrons. The van der Waals surface area contributed by atoms with Crippen LogP contribution in [-0.4, -0.2) is 4.98 Å². The molecule has 0 radical (unpaired) electrons. The molecule has 1 aliphatic carbocycles. The summed E-state index contributed by atoms with van der Waals surface area (Å²) < 4.78 is 39.0. The minimum Gasteiger partial charge on any atom is -0.378 e. The molecule has 23 heavy (non-hydrogen) atoms. The Bertz CT molecular complexity index is 753. The van der Waals surface area contributed by atoms with Gasteiger partial charge in [0, 0.05) is 24.0 Å². The van der Waals surface area contributed by atoms with Crippen LogP contribution < -0.4 is 5.32 Å². The molecule has 5 heteroatoms. The van der Waals surface area contributed by atoms with Gasteiger partial charge in [-0.15, -0.1) is 0 Å². The van der Waals surface area contributed by atoms with Crippen LogP contribution in [0.1, 0.15) is 35.1 Å². The van der Waals surface area contributed by atoms with E-state index in [2.05, 4.69) is 16.4 Å². The number of aromatic nitrogens is 1. The van der Waals surface area contributed by atoms with E-state index in [0.717, 1.165) is 29.3 Å². The van der Waals surface area contributed by atoms with Crippen molar-refractivity contribution in [1.82, 2.24) is 4.98 Å². The summed E-state index contributed by atoms with van der Waals surface area (Å²) >= 11 is 0. The van der Waals surface area contributed by atoms with Crippen molar-refractivity contribution >= 4 is 5.69 Å². The maximum absolute atomic E-state index is 13.0. The molecule has 0 unspecified atom stereocenters. The second kappa shape index (κ2) is 5.11. The normalized spacial score (nSPS) is 25.6. The van der Waals surface area contributed by atoms with Crippen molar-refractivity contribution in [2.75, 3.05) is 5.32 Å². The van der Waals surface area contributed by atoms with Gasteiger partial charge in [0.25, 0.3) is 0 Å². The predicted molar refractivity (Wildman–Crippen MR) is 82.0 cm³/mol. The first-order valence-electron chi connectivity index (χ1n) is 7.58. The van der Waals surface area contributed by atoms with Gasteiger partial charge in [-0.3, -0.25) is 4.98 Å². The lowest BCUT2D eigenvalue weighted by Gasteiger charge is -2.37. The molecule has 0 saturated carbocycles. The van der Waals surface area contributed by atoms with Gasteiger partial charge in [-0.1, -0.05) is 18.2 Å². The zero-order valence-electron chi connectivity index (χ0n) is 12.2. The zero-order valence-corrected chi connectivity index (χ0v) is 12.2. The van der Waals surface area contributed by atoms with Gasteiger partial charge in [0.15, 0.2) is 0 Å². The topological polar surface area (TPSA) is 24.9 Å². The molecule has 0 fully saturated rings. The molecule has 0 spiro atoms. The highest BCUT2D eigenvalue weighted by atomic mass is 19.4. The molecule has 1 aromatic heterocycles. The van der Waals surface area contributed by atoms with Crippen LogP contribution in [0.4, 0.5) is 18.9 Å². The Kier molecular flexibility index (Phi) is 3.18. The number of halogens is 3. The SMILES string of the molecule is FC(F)(F)c1ccc2c(c1)[C@@H]1C=CC[C@@H]1[C@@H](c1cccnc1)N2. The lowest BCUT2D eigenvalue weighted by molar-refractivity contribution is -0.137. The van der Waals surface area contributed by atoms with Crippen molar-refractivity contribution < 1.29 is 13.2 Å². The number of nitrogens with zero attached hydrogens (tertiary/aromatic N) is 1. The lowest BCUT2D eigenvalue weighted by atomic mass is 9.77. The van der Waals surface area contributed by atoms with E-state index in [0.29, 0.717) is 0 Å². The van der Waals surface area contributed by atoms with Gasteiger partial charge in [0.1, 0.15) is 0 Å². The van der Waals surface area contributed by atoms with Gasteiger partial charge >= 0.3 is 6.18 Å². The van der Waals surface area contributed by atoms with Gasteiger partial charge in [0.05, 0.1) is 11.6 Å². The van der Waals surface area contributed by atoms with Crippen LogP contribution >= 0.6 is 0 Å². The fourth-order valence-electron chi connectivity index (χ4n) is 3.66. The second-order valence-corrected chi connectivity index (χ2v) is 6.06. The molecular formula is C18H15F3N2. The minimum absolute atomic E-state index is 0.0127. The molecule has 2 aliphatic rings. The third-order valence-corrected chi connectivity index (χ3v) is 4.73. The highest BCUT2D eigenvalue weighted by Gasteiger charge is 2.39. The van der Waals surface area contributed by atoms with E-state index in [-0.39, 0.29) is 17.9 Å². The van der Waals surface area contributed by atoms with E-state index in [1.807, 2.05) is 24.4 Å². The monoisotopic (exact) mass is 316 g/mol. The number of hydrogen-bond acceptors (Lipinski definition) is 2. The maximum atomic E-state index is 13.0. The van der Waals surface area contributed by atoms with Crippen LogP contribution in [0.5, 0.6) is 0 Å². The first-order chi connectivity index (χ1) is 11.0. The van der Waals surface area contributed by atoms with E-state index >= 15 is 0 Å². The third-order valence-electron chi connectivity index (χ3n) is 4.73. The molecule has 4 rings (SSSR count). The van der Waals surface area contributed by atoms with Crippen LogP contribution in [-0.2, 0) is 6.18 Å².